The zero-order valence-corrected chi connectivity index (χ0v) is 19.0. The van der Waals surface area contributed by atoms with E-state index in [2.05, 4.69) is 10.6 Å². The number of nitrogens with zero attached hydrogens (tertiary/aromatic N) is 1. The number of benzene rings is 2. The number of aryl methyl sites for hydroxylation is 1. The van der Waals surface area contributed by atoms with Crippen LogP contribution in [0.4, 0.5) is 18.9 Å². The van der Waals surface area contributed by atoms with E-state index >= 15 is 0 Å². The van der Waals surface area contributed by atoms with E-state index < -0.39 is 24.0 Å². The summed E-state index contributed by atoms with van der Waals surface area (Å²) in [6.07, 6.45) is -4.96. The average Bonchev–Trinajstić information content (AvgIpc) is 2.74. The Morgan fingerprint density at radius 3 is 2.27 bits per heavy atom. The van der Waals surface area contributed by atoms with E-state index in [0.29, 0.717) is 21.7 Å². The molecule has 3 amide bonds. The van der Waals surface area contributed by atoms with Crippen molar-refractivity contribution in [3.8, 4) is 0 Å². The van der Waals surface area contributed by atoms with Crippen molar-refractivity contribution >= 4 is 23.4 Å². The summed E-state index contributed by atoms with van der Waals surface area (Å²) in [5.41, 5.74) is 2.02. The van der Waals surface area contributed by atoms with Gasteiger partial charge in [0, 0.05) is 24.3 Å². The lowest BCUT2D eigenvalue weighted by atomic mass is 10.0. The molecule has 0 bridgehead atoms. The van der Waals surface area contributed by atoms with Gasteiger partial charge in [0.05, 0.1) is 0 Å². The second-order valence-corrected chi connectivity index (χ2v) is 8.02. The van der Waals surface area contributed by atoms with Crippen molar-refractivity contribution in [3.63, 3.8) is 0 Å². The van der Waals surface area contributed by atoms with Crippen molar-refractivity contribution in [2.45, 2.75) is 46.5 Å². The van der Waals surface area contributed by atoms with Crippen LogP contribution in [0.1, 0.15) is 42.3 Å². The molecule has 1 atom stereocenters. The molecular weight excluding hydrogens is 435 g/mol. The number of anilines is 1. The van der Waals surface area contributed by atoms with E-state index in [9.17, 15) is 27.6 Å². The molecule has 0 fully saturated rings. The summed E-state index contributed by atoms with van der Waals surface area (Å²) in [6, 6.07) is 12.4. The lowest BCUT2D eigenvalue weighted by molar-refractivity contribution is -0.185. The quantitative estimate of drug-likeness (QED) is 0.613. The van der Waals surface area contributed by atoms with Gasteiger partial charge in [0.25, 0.3) is 5.91 Å². The van der Waals surface area contributed by atoms with Gasteiger partial charge in [-0.25, -0.2) is 0 Å². The normalized spacial score (nSPS) is 12.2. The molecule has 0 aliphatic carbocycles. The molecule has 178 valence electrons. The maximum atomic E-state index is 12.9. The monoisotopic (exact) mass is 463 g/mol. The van der Waals surface area contributed by atoms with Gasteiger partial charge in [0.15, 0.2) is 0 Å². The molecule has 9 heteroatoms. The summed E-state index contributed by atoms with van der Waals surface area (Å²) in [5, 5.41) is 5.46. The Hall–Kier alpha value is -3.36. The highest BCUT2D eigenvalue weighted by Crippen LogP contribution is 2.21. The Kier molecular flexibility index (Phi) is 8.62. The van der Waals surface area contributed by atoms with Gasteiger partial charge in [-0.1, -0.05) is 44.2 Å². The van der Waals surface area contributed by atoms with Crippen LogP contribution in [0.15, 0.2) is 48.5 Å². The fourth-order valence-electron chi connectivity index (χ4n) is 3.28. The molecule has 0 aliphatic heterocycles. The van der Waals surface area contributed by atoms with Gasteiger partial charge in [-0.05, 0) is 49.1 Å². The van der Waals surface area contributed by atoms with Crippen molar-refractivity contribution in [1.82, 2.24) is 10.2 Å². The van der Waals surface area contributed by atoms with Crippen LogP contribution in [0, 0.1) is 12.8 Å². The number of carbonyl (C=O) groups is 3. The fraction of sp³-hybridized carbons (Fsp3) is 0.375. The molecule has 0 saturated carbocycles. The molecule has 0 heterocycles. The number of carbonyl (C=O) groups excluding carboxylic acids is 3. The van der Waals surface area contributed by atoms with Crippen LogP contribution >= 0.6 is 0 Å². The highest BCUT2D eigenvalue weighted by Gasteiger charge is 2.41. The van der Waals surface area contributed by atoms with E-state index in [-0.39, 0.29) is 24.9 Å². The Labute approximate surface area is 191 Å². The molecule has 2 aromatic carbocycles. The molecule has 33 heavy (non-hydrogen) atoms. The molecular formula is C24H28F3N3O3. The molecule has 1 unspecified atom stereocenters. The first-order chi connectivity index (χ1) is 15.4. The standard InChI is InChI=1S/C24H28F3N3O3/c1-5-30(23(33)24(25,26)27)14-17-10-8-11-18(13-17)28-22(32)20(15(2)3)29-21(31)19-12-7-6-9-16(19)4/h6-13,15,20H,5,14H2,1-4H3,(H,28,32)(H,29,31). The van der Waals surface area contributed by atoms with E-state index in [1.165, 1.54) is 13.0 Å². The number of rotatable bonds is 8. The minimum absolute atomic E-state index is 0.116. The molecule has 0 saturated heterocycles. The summed E-state index contributed by atoms with van der Waals surface area (Å²) in [6.45, 7) is 6.47. The topological polar surface area (TPSA) is 78.5 Å². The maximum Gasteiger partial charge on any atom is 0.471 e. The number of hydrogen-bond acceptors (Lipinski definition) is 3. The second kappa shape index (κ2) is 11.0. The van der Waals surface area contributed by atoms with Crippen LogP contribution in [0.3, 0.4) is 0 Å². The van der Waals surface area contributed by atoms with E-state index in [1.807, 2.05) is 6.07 Å². The predicted molar refractivity (Wildman–Crippen MR) is 119 cm³/mol. The van der Waals surface area contributed by atoms with E-state index in [0.717, 1.165) is 5.56 Å². The average molecular weight is 464 g/mol. The molecule has 2 aromatic rings. The largest absolute Gasteiger partial charge is 0.471 e. The summed E-state index contributed by atoms with van der Waals surface area (Å²) < 4.78 is 38.3. The Morgan fingerprint density at radius 1 is 1.03 bits per heavy atom. The second-order valence-electron chi connectivity index (χ2n) is 8.02. The van der Waals surface area contributed by atoms with Crippen molar-refractivity contribution in [3.05, 3.63) is 65.2 Å². The van der Waals surface area contributed by atoms with Gasteiger partial charge in [0.2, 0.25) is 5.91 Å². The molecule has 2 N–H and O–H groups in total. The van der Waals surface area contributed by atoms with Crippen LogP contribution in [0.5, 0.6) is 0 Å². The third-order valence-electron chi connectivity index (χ3n) is 5.10. The molecule has 0 spiro atoms. The fourth-order valence-corrected chi connectivity index (χ4v) is 3.28. The number of amides is 3. The zero-order chi connectivity index (χ0) is 24.8. The first-order valence-corrected chi connectivity index (χ1v) is 10.6. The maximum absolute atomic E-state index is 12.9. The number of nitrogens with one attached hydrogen (secondary N) is 2. The predicted octanol–water partition coefficient (Wildman–Crippen LogP) is 4.30. The molecule has 0 aliphatic rings. The SMILES string of the molecule is CCN(Cc1cccc(NC(=O)C(NC(=O)c2ccccc2C)C(C)C)c1)C(=O)C(F)(F)F. The first kappa shape index (κ1) is 25.9. The van der Waals surface area contributed by atoms with Crippen molar-refractivity contribution in [2.75, 3.05) is 11.9 Å². The molecule has 0 aromatic heterocycles. The lowest BCUT2D eigenvalue weighted by Crippen LogP contribution is -2.47. The van der Waals surface area contributed by atoms with Crippen LogP contribution in [0.25, 0.3) is 0 Å². The van der Waals surface area contributed by atoms with Crippen molar-refractivity contribution < 1.29 is 27.6 Å². The van der Waals surface area contributed by atoms with Gasteiger partial charge >= 0.3 is 12.1 Å². The van der Waals surface area contributed by atoms with Gasteiger partial charge < -0.3 is 15.5 Å². The summed E-state index contributed by atoms with van der Waals surface area (Å²) in [4.78, 5) is 37.8. The highest BCUT2D eigenvalue weighted by molar-refractivity contribution is 6.02. The Bertz CT molecular complexity index is 1010. The summed E-state index contributed by atoms with van der Waals surface area (Å²) >= 11 is 0. The van der Waals surface area contributed by atoms with Crippen LogP contribution in [-0.4, -0.2) is 41.4 Å². The summed E-state index contributed by atoms with van der Waals surface area (Å²) in [5.74, 6) is -2.97. The Balaban J connectivity index is 2.13. The Morgan fingerprint density at radius 2 is 1.70 bits per heavy atom. The number of halogens is 3. The van der Waals surface area contributed by atoms with Crippen LogP contribution < -0.4 is 10.6 Å². The minimum atomic E-state index is -4.96. The minimum Gasteiger partial charge on any atom is -0.340 e. The first-order valence-electron chi connectivity index (χ1n) is 10.6. The number of hydrogen-bond donors (Lipinski definition) is 2. The lowest BCUT2D eigenvalue weighted by Gasteiger charge is -2.23. The smallest absolute Gasteiger partial charge is 0.340 e. The third kappa shape index (κ3) is 7.06. The van der Waals surface area contributed by atoms with Crippen LogP contribution in [-0.2, 0) is 16.1 Å². The van der Waals surface area contributed by atoms with Gasteiger partial charge in [-0.15, -0.1) is 0 Å². The highest BCUT2D eigenvalue weighted by atomic mass is 19.4. The molecule has 2 rings (SSSR count). The van der Waals surface area contributed by atoms with Gasteiger partial charge in [-0.2, -0.15) is 13.2 Å². The van der Waals surface area contributed by atoms with E-state index in [4.69, 9.17) is 0 Å². The van der Waals surface area contributed by atoms with Crippen molar-refractivity contribution in [2.24, 2.45) is 5.92 Å². The van der Waals surface area contributed by atoms with E-state index in [1.54, 1.807) is 57.2 Å². The third-order valence-corrected chi connectivity index (χ3v) is 5.10. The molecule has 0 radical (unpaired) electrons. The number of alkyl halides is 3. The zero-order valence-electron chi connectivity index (χ0n) is 19.0. The van der Waals surface area contributed by atoms with Crippen LogP contribution in [0.2, 0.25) is 0 Å². The van der Waals surface area contributed by atoms with Gasteiger partial charge in [0.1, 0.15) is 6.04 Å². The molecule has 6 nitrogen and oxygen atoms in total. The van der Waals surface area contributed by atoms with Gasteiger partial charge in [-0.3, -0.25) is 14.4 Å². The summed E-state index contributed by atoms with van der Waals surface area (Å²) in [7, 11) is 0. The van der Waals surface area contributed by atoms with Crippen molar-refractivity contribution in [1.29, 1.82) is 0 Å².